The van der Waals surface area contributed by atoms with Crippen LogP contribution in [-0.4, -0.2) is 25.8 Å². The largest absolute Gasteiger partial charge is 0.380 e. The van der Waals surface area contributed by atoms with E-state index < -0.39 is 0 Å². The van der Waals surface area contributed by atoms with E-state index in [2.05, 4.69) is 18.0 Å². The Hall–Kier alpha value is -0.850. The molecule has 0 aliphatic heterocycles. The molecule has 1 saturated carbocycles. The van der Waals surface area contributed by atoms with Gasteiger partial charge in [-0.2, -0.15) is 5.26 Å². The van der Waals surface area contributed by atoms with E-state index in [-0.39, 0.29) is 5.92 Å². The minimum absolute atomic E-state index is 0.196. The smallest absolute Gasteiger partial charge is 0.0672 e. The molecule has 16 heavy (non-hydrogen) atoms. The van der Waals surface area contributed by atoms with Crippen LogP contribution in [0.1, 0.15) is 32.1 Å². The lowest BCUT2D eigenvalue weighted by Gasteiger charge is -2.27. The highest BCUT2D eigenvalue weighted by Gasteiger charge is 2.23. The van der Waals surface area contributed by atoms with Gasteiger partial charge in [-0.1, -0.05) is 18.9 Å². The van der Waals surface area contributed by atoms with Gasteiger partial charge in [0.1, 0.15) is 0 Å². The Kier molecular flexibility index (Phi) is 6.87. The Morgan fingerprint density at radius 2 is 2.19 bits per heavy atom. The van der Waals surface area contributed by atoms with Crippen molar-refractivity contribution in [2.45, 2.75) is 38.1 Å². The van der Waals surface area contributed by atoms with Crippen molar-refractivity contribution in [1.82, 2.24) is 5.32 Å². The van der Waals surface area contributed by atoms with Crippen LogP contribution in [0, 0.1) is 17.2 Å². The molecule has 1 rings (SSSR count). The summed E-state index contributed by atoms with van der Waals surface area (Å²) in [5, 5.41) is 12.4. The molecule has 0 aromatic rings. The minimum Gasteiger partial charge on any atom is -0.380 e. The third-order valence-electron chi connectivity index (χ3n) is 3.05. The van der Waals surface area contributed by atoms with Gasteiger partial charge in [-0.3, -0.25) is 0 Å². The van der Waals surface area contributed by atoms with E-state index in [1.807, 2.05) is 6.08 Å². The Bertz CT molecular complexity index is 235. The predicted octanol–water partition coefficient (Wildman–Crippen LogP) is 2.25. The quantitative estimate of drug-likeness (QED) is 0.531. The van der Waals surface area contributed by atoms with E-state index in [4.69, 9.17) is 10.00 Å². The molecular weight excluding hydrogens is 200 g/mol. The lowest BCUT2D eigenvalue weighted by Crippen LogP contribution is -2.39. The topological polar surface area (TPSA) is 45.0 Å². The highest BCUT2D eigenvalue weighted by atomic mass is 16.5. The van der Waals surface area contributed by atoms with Crippen LogP contribution in [0.2, 0.25) is 0 Å². The third kappa shape index (κ3) is 4.78. The van der Waals surface area contributed by atoms with Gasteiger partial charge in [0.05, 0.1) is 25.2 Å². The van der Waals surface area contributed by atoms with E-state index in [1.165, 1.54) is 12.8 Å². The van der Waals surface area contributed by atoms with Crippen molar-refractivity contribution in [3.8, 4) is 6.07 Å². The van der Waals surface area contributed by atoms with E-state index in [0.717, 1.165) is 39.0 Å². The summed E-state index contributed by atoms with van der Waals surface area (Å²) in [6.45, 7) is 5.96. The average Bonchev–Trinajstić information content (AvgIpc) is 2.34. The number of rotatable bonds is 7. The van der Waals surface area contributed by atoms with Crippen molar-refractivity contribution in [1.29, 1.82) is 5.26 Å². The van der Waals surface area contributed by atoms with Crippen molar-refractivity contribution in [2.24, 2.45) is 5.92 Å². The maximum atomic E-state index is 9.00. The van der Waals surface area contributed by atoms with Crippen LogP contribution in [0.3, 0.4) is 0 Å². The molecule has 1 N–H and O–H groups in total. The Balaban J connectivity index is 2.06. The van der Waals surface area contributed by atoms with Gasteiger partial charge >= 0.3 is 0 Å². The first kappa shape index (κ1) is 13.2. The standard InChI is InChI=1S/C13H22N2O/c1-2-3-9-16-10-8-15-13-7-5-4-6-12(13)11-14/h2,12-13,15H,1,3-10H2. The molecule has 90 valence electrons. The first-order valence-corrected chi connectivity index (χ1v) is 6.20. The molecule has 0 saturated heterocycles. The molecular formula is C13H22N2O. The fourth-order valence-electron chi connectivity index (χ4n) is 2.11. The third-order valence-corrected chi connectivity index (χ3v) is 3.05. The maximum Gasteiger partial charge on any atom is 0.0672 e. The zero-order valence-corrected chi connectivity index (χ0v) is 9.95. The van der Waals surface area contributed by atoms with Gasteiger partial charge in [-0.25, -0.2) is 0 Å². The maximum absolute atomic E-state index is 9.00. The van der Waals surface area contributed by atoms with Crippen molar-refractivity contribution < 1.29 is 4.74 Å². The van der Waals surface area contributed by atoms with Crippen molar-refractivity contribution in [3.63, 3.8) is 0 Å². The molecule has 0 amide bonds. The van der Waals surface area contributed by atoms with E-state index in [1.54, 1.807) is 0 Å². The summed E-state index contributed by atoms with van der Waals surface area (Å²) in [6.07, 6.45) is 7.39. The highest BCUT2D eigenvalue weighted by Crippen LogP contribution is 2.23. The lowest BCUT2D eigenvalue weighted by molar-refractivity contribution is 0.134. The molecule has 3 nitrogen and oxygen atoms in total. The molecule has 1 aliphatic carbocycles. The second-order valence-corrected chi connectivity index (χ2v) is 4.27. The first-order valence-electron chi connectivity index (χ1n) is 6.20. The molecule has 0 spiro atoms. The second-order valence-electron chi connectivity index (χ2n) is 4.27. The summed E-state index contributed by atoms with van der Waals surface area (Å²) in [5.41, 5.74) is 0. The van der Waals surface area contributed by atoms with Crippen molar-refractivity contribution in [3.05, 3.63) is 12.7 Å². The lowest BCUT2D eigenvalue weighted by atomic mass is 9.85. The van der Waals surface area contributed by atoms with Crippen LogP contribution in [0.15, 0.2) is 12.7 Å². The molecule has 2 atom stereocenters. The summed E-state index contributed by atoms with van der Waals surface area (Å²) in [6, 6.07) is 2.78. The van der Waals surface area contributed by atoms with Gasteiger partial charge in [0.2, 0.25) is 0 Å². The van der Waals surface area contributed by atoms with Gasteiger partial charge in [-0.15, -0.1) is 6.58 Å². The van der Waals surface area contributed by atoms with E-state index >= 15 is 0 Å². The average molecular weight is 222 g/mol. The van der Waals surface area contributed by atoms with Crippen LogP contribution < -0.4 is 5.32 Å². The summed E-state index contributed by atoms with van der Waals surface area (Å²) < 4.78 is 5.42. The molecule has 0 bridgehead atoms. The summed E-state index contributed by atoms with van der Waals surface area (Å²) >= 11 is 0. The SMILES string of the molecule is C=CCCOCCNC1CCCCC1C#N. The second kappa shape index (κ2) is 8.32. The van der Waals surface area contributed by atoms with Crippen LogP contribution in [0.25, 0.3) is 0 Å². The highest BCUT2D eigenvalue weighted by molar-refractivity contribution is 4.94. The normalized spacial score (nSPS) is 24.9. The molecule has 1 fully saturated rings. The zero-order valence-electron chi connectivity index (χ0n) is 9.95. The molecule has 0 aromatic heterocycles. The monoisotopic (exact) mass is 222 g/mol. The van der Waals surface area contributed by atoms with Crippen LogP contribution in [0.5, 0.6) is 0 Å². The fourth-order valence-corrected chi connectivity index (χ4v) is 2.11. The molecule has 3 heteroatoms. The summed E-state index contributed by atoms with van der Waals surface area (Å²) in [7, 11) is 0. The number of ether oxygens (including phenoxy) is 1. The van der Waals surface area contributed by atoms with Gasteiger partial charge in [0.25, 0.3) is 0 Å². The minimum atomic E-state index is 0.196. The first-order chi connectivity index (χ1) is 7.88. The van der Waals surface area contributed by atoms with Gasteiger partial charge in [-0.05, 0) is 19.3 Å². The van der Waals surface area contributed by atoms with Crippen molar-refractivity contribution in [2.75, 3.05) is 19.8 Å². The van der Waals surface area contributed by atoms with Gasteiger partial charge < -0.3 is 10.1 Å². The fraction of sp³-hybridized carbons (Fsp3) is 0.769. The molecule has 1 aliphatic rings. The number of hydrogen-bond acceptors (Lipinski definition) is 3. The van der Waals surface area contributed by atoms with E-state index in [0.29, 0.717) is 6.04 Å². The summed E-state index contributed by atoms with van der Waals surface area (Å²) in [5.74, 6) is 0.196. The van der Waals surface area contributed by atoms with Crippen LogP contribution in [-0.2, 0) is 4.74 Å². The number of nitrogens with zero attached hydrogens (tertiary/aromatic N) is 1. The van der Waals surface area contributed by atoms with Gasteiger partial charge in [0.15, 0.2) is 0 Å². The van der Waals surface area contributed by atoms with Crippen molar-refractivity contribution >= 4 is 0 Å². The molecule has 2 unspecified atom stereocenters. The van der Waals surface area contributed by atoms with Crippen LogP contribution >= 0.6 is 0 Å². The predicted molar refractivity (Wildman–Crippen MR) is 65.0 cm³/mol. The number of hydrogen-bond donors (Lipinski definition) is 1. The molecule has 0 radical (unpaired) electrons. The van der Waals surface area contributed by atoms with Crippen LogP contribution in [0.4, 0.5) is 0 Å². The van der Waals surface area contributed by atoms with E-state index in [9.17, 15) is 0 Å². The Morgan fingerprint density at radius 1 is 1.38 bits per heavy atom. The number of nitrogens with one attached hydrogen (secondary N) is 1. The Labute approximate surface area is 98.5 Å². The molecule has 0 aromatic carbocycles. The number of nitriles is 1. The molecule has 0 heterocycles. The summed E-state index contributed by atoms with van der Waals surface area (Å²) in [4.78, 5) is 0. The Morgan fingerprint density at radius 3 is 2.94 bits per heavy atom. The zero-order chi connectivity index (χ0) is 11.6. The van der Waals surface area contributed by atoms with Gasteiger partial charge in [0, 0.05) is 12.6 Å².